The van der Waals surface area contributed by atoms with Crippen LogP contribution in [0.1, 0.15) is 12.0 Å². The fourth-order valence-electron chi connectivity index (χ4n) is 1.14. The van der Waals surface area contributed by atoms with Gasteiger partial charge in [0.1, 0.15) is 11.6 Å². The molecule has 1 aromatic carbocycles. The molecule has 0 bridgehead atoms. The predicted octanol–water partition coefficient (Wildman–Crippen LogP) is 2.29. The van der Waals surface area contributed by atoms with E-state index in [1.54, 1.807) is 0 Å². The molecule has 0 aliphatic rings. The Morgan fingerprint density at radius 2 is 2.12 bits per heavy atom. The van der Waals surface area contributed by atoms with Crippen molar-refractivity contribution >= 4 is 21.9 Å². The molecule has 16 heavy (non-hydrogen) atoms. The van der Waals surface area contributed by atoms with Crippen molar-refractivity contribution in [1.82, 2.24) is 5.32 Å². The highest BCUT2D eigenvalue weighted by Crippen LogP contribution is 2.21. The van der Waals surface area contributed by atoms with Gasteiger partial charge in [-0.25, -0.2) is 8.78 Å². The van der Waals surface area contributed by atoms with Crippen molar-refractivity contribution < 1.29 is 18.7 Å². The van der Waals surface area contributed by atoms with Gasteiger partial charge in [-0.1, -0.05) is 0 Å². The van der Waals surface area contributed by atoms with Crippen LogP contribution in [0, 0.1) is 11.6 Å². The van der Waals surface area contributed by atoms with Crippen molar-refractivity contribution in [3.8, 4) is 0 Å². The van der Waals surface area contributed by atoms with Gasteiger partial charge < -0.3 is 10.4 Å². The zero-order valence-electron chi connectivity index (χ0n) is 8.27. The van der Waals surface area contributed by atoms with Gasteiger partial charge in [-0.2, -0.15) is 0 Å². The first-order valence-electron chi connectivity index (χ1n) is 4.57. The molecule has 0 amide bonds. The van der Waals surface area contributed by atoms with Crippen LogP contribution in [0.2, 0.25) is 0 Å². The van der Waals surface area contributed by atoms with Crippen LogP contribution in [0.25, 0.3) is 0 Å². The SMILES string of the molecule is O=C(O)CCNCc1c(F)ccc(Br)c1F. The molecular formula is C10H10BrF2NO2. The Morgan fingerprint density at radius 1 is 1.44 bits per heavy atom. The minimum absolute atomic E-state index is 0.0373. The lowest BCUT2D eigenvalue weighted by Gasteiger charge is -2.07. The minimum atomic E-state index is -0.956. The van der Waals surface area contributed by atoms with Crippen LogP contribution in [-0.4, -0.2) is 17.6 Å². The van der Waals surface area contributed by atoms with Crippen molar-refractivity contribution in [2.45, 2.75) is 13.0 Å². The molecule has 0 radical (unpaired) electrons. The molecule has 0 spiro atoms. The van der Waals surface area contributed by atoms with Gasteiger partial charge in [0, 0.05) is 18.7 Å². The summed E-state index contributed by atoms with van der Waals surface area (Å²) in [5.74, 6) is -2.27. The van der Waals surface area contributed by atoms with Crippen LogP contribution in [-0.2, 0) is 11.3 Å². The lowest BCUT2D eigenvalue weighted by atomic mass is 10.2. The molecule has 6 heteroatoms. The molecule has 0 saturated heterocycles. The Hall–Kier alpha value is -1.01. The summed E-state index contributed by atoms with van der Waals surface area (Å²) >= 11 is 2.95. The number of rotatable bonds is 5. The number of hydrogen-bond acceptors (Lipinski definition) is 2. The Labute approximate surface area is 99.6 Å². The lowest BCUT2D eigenvalue weighted by molar-refractivity contribution is -0.136. The zero-order chi connectivity index (χ0) is 12.1. The van der Waals surface area contributed by atoms with E-state index in [0.29, 0.717) is 0 Å². The van der Waals surface area contributed by atoms with E-state index in [2.05, 4.69) is 21.2 Å². The Kier molecular flexibility index (Phi) is 4.82. The Balaban J connectivity index is 2.60. The van der Waals surface area contributed by atoms with E-state index < -0.39 is 17.6 Å². The van der Waals surface area contributed by atoms with Gasteiger partial charge in [-0.05, 0) is 28.1 Å². The highest BCUT2D eigenvalue weighted by atomic mass is 79.9. The van der Waals surface area contributed by atoms with Crippen LogP contribution < -0.4 is 5.32 Å². The number of nitrogens with one attached hydrogen (secondary N) is 1. The molecular weight excluding hydrogens is 284 g/mol. The number of aliphatic carboxylic acids is 1. The summed E-state index contributed by atoms with van der Waals surface area (Å²) in [5, 5.41) is 11.0. The molecule has 0 heterocycles. The molecule has 0 aliphatic carbocycles. The van der Waals surface area contributed by atoms with E-state index in [1.807, 2.05) is 0 Å². The van der Waals surface area contributed by atoms with Crippen molar-refractivity contribution in [2.75, 3.05) is 6.54 Å². The number of benzene rings is 1. The summed E-state index contributed by atoms with van der Waals surface area (Å²) in [4.78, 5) is 10.2. The predicted molar refractivity (Wildman–Crippen MR) is 58.0 cm³/mol. The molecule has 88 valence electrons. The topological polar surface area (TPSA) is 49.3 Å². The van der Waals surface area contributed by atoms with Crippen molar-refractivity contribution in [3.63, 3.8) is 0 Å². The van der Waals surface area contributed by atoms with Gasteiger partial charge in [0.25, 0.3) is 0 Å². The third-order valence-corrected chi connectivity index (χ3v) is 2.57. The lowest BCUT2D eigenvalue weighted by Crippen LogP contribution is -2.19. The highest BCUT2D eigenvalue weighted by Gasteiger charge is 2.11. The number of carboxylic acids is 1. The fourth-order valence-corrected chi connectivity index (χ4v) is 1.51. The maximum atomic E-state index is 13.4. The average molecular weight is 294 g/mol. The van der Waals surface area contributed by atoms with Gasteiger partial charge in [0.2, 0.25) is 0 Å². The van der Waals surface area contributed by atoms with Gasteiger partial charge >= 0.3 is 5.97 Å². The molecule has 2 N–H and O–H groups in total. The maximum Gasteiger partial charge on any atom is 0.304 e. The molecule has 0 unspecified atom stereocenters. The molecule has 1 aromatic rings. The number of carboxylic acid groups (broad SMARTS) is 1. The Morgan fingerprint density at radius 3 is 2.75 bits per heavy atom. The first kappa shape index (κ1) is 13.1. The van der Waals surface area contributed by atoms with E-state index in [4.69, 9.17) is 5.11 Å². The van der Waals surface area contributed by atoms with Crippen molar-refractivity contribution in [1.29, 1.82) is 0 Å². The first-order valence-corrected chi connectivity index (χ1v) is 5.36. The van der Waals surface area contributed by atoms with E-state index in [0.717, 1.165) is 6.07 Å². The Bertz CT molecular complexity index is 399. The number of hydrogen-bond donors (Lipinski definition) is 2. The van der Waals surface area contributed by atoms with E-state index >= 15 is 0 Å². The van der Waals surface area contributed by atoms with Gasteiger partial charge in [-0.15, -0.1) is 0 Å². The first-order chi connectivity index (χ1) is 7.52. The second-order valence-corrected chi connectivity index (χ2v) is 4.00. The maximum absolute atomic E-state index is 13.4. The largest absolute Gasteiger partial charge is 0.481 e. The summed E-state index contributed by atoms with van der Waals surface area (Å²) in [7, 11) is 0. The summed E-state index contributed by atoms with van der Waals surface area (Å²) in [6, 6.07) is 2.44. The molecule has 0 atom stereocenters. The quantitative estimate of drug-likeness (QED) is 0.647. The zero-order valence-corrected chi connectivity index (χ0v) is 9.85. The second kappa shape index (κ2) is 5.91. The van der Waals surface area contributed by atoms with Crippen LogP contribution in [0.4, 0.5) is 8.78 Å². The monoisotopic (exact) mass is 293 g/mol. The number of halogens is 3. The second-order valence-electron chi connectivity index (χ2n) is 3.14. The fraction of sp³-hybridized carbons (Fsp3) is 0.300. The molecule has 0 aromatic heterocycles. The van der Waals surface area contributed by atoms with Crippen molar-refractivity contribution in [2.24, 2.45) is 0 Å². The van der Waals surface area contributed by atoms with Gasteiger partial charge in [-0.3, -0.25) is 4.79 Å². The minimum Gasteiger partial charge on any atom is -0.481 e. The molecule has 1 rings (SSSR count). The molecule has 0 fully saturated rings. The van der Waals surface area contributed by atoms with Gasteiger partial charge in [0.15, 0.2) is 0 Å². The summed E-state index contributed by atoms with van der Waals surface area (Å²) < 4.78 is 26.8. The average Bonchev–Trinajstić information content (AvgIpc) is 2.22. The van der Waals surface area contributed by atoms with E-state index in [9.17, 15) is 13.6 Å². The van der Waals surface area contributed by atoms with E-state index in [-0.39, 0.29) is 29.5 Å². The summed E-state index contributed by atoms with van der Waals surface area (Å²) in [5.41, 5.74) is -0.0974. The normalized spacial score (nSPS) is 10.4. The third kappa shape index (κ3) is 3.53. The van der Waals surface area contributed by atoms with Gasteiger partial charge in [0.05, 0.1) is 10.9 Å². The molecule has 0 aliphatic heterocycles. The van der Waals surface area contributed by atoms with Crippen LogP contribution in [0.15, 0.2) is 16.6 Å². The van der Waals surface area contributed by atoms with E-state index in [1.165, 1.54) is 6.07 Å². The number of carbonyl (C=O) groups is 1. The van der Waals surface area contributed by atoms with Crippen LogP contribution >= 0.6 is 15.9 Å². The highest BCUT2D eigenvalue weighted by molar-refractivity contribution is 9.10. The smallest absolute Gasteiger partial charge is 0.304 e. The molecule has 3 nitrogen and oxygen atoms in total. The van der Waals surface area contributed by atoms with Crippen LogP contribution in [0.3, 0.4) is 0 Å². The third-order valence-electron chi connectivity index (χ3n) is 1.96. The summed E-state index contributed by atoms with van der Waals surface area (Å²) in [6.45, 7) is 0.130. The summed E-state index contributed by atoms with van der Waals surface area (Å²) in [6.07, 6.45) is -0.0861. The van der Waals surface area contributed by atoms with Crippen molar-refractivity contribution in [3.05, 3.63) is 33.8 Å². The molecule has 0 saturated carbocycles. The van der Waals surface area contributed by atoms with Crippen LogP contribution in [0.5, 0.6) is 0 Å². The standard InChI is InChI=1S/C10H10BrF2NO2/c11-7-1-2-8(12)6(10(7)13)5-14-4-3-9(15)16/h1-2,14H,3-5H2,(H,15,16).